The lowest BCUT2D eigenvalue weighted by atomic mass is 9.99. The molecule has 2 aromatic heterocycles. The number of ether oxygens (including phenoxy) is 1. The van der Waals surface area contributed by atoms with Crippen molar-refractivity contribution in [3.63, 3.8) is 0 Å². The summed E-state index contributed by atoms with van der Waals surface area (Å²) in [5.74, 6) is -3.11. The summed E-state index contributed by atoms with van der Waals surface area (Å²) in [6.45, 7) is 8.59. The van der Waals surface area contributed by atoms with E-state index in [0.717, 1.165) is 40.6 Å². The number of nitrogens with zero attached hydrogens (tertiary/aromatic N) is 2. The summed E-state index contributed by atoms with van der Waals surface area (Å²) in [5, 5.41) is 22.6. The fourth-order valence-corrected chi connectivity index (χ4v) is 7.81. The number of aryl methyl sites for hydroxylation is 1. The van der Waals surface area contributed by atoms with Gasteiger partial charge in [-0.25, -0.2) is 0 Å². The predicted molar refractivity (Wildman–Crippen MR) is 225 cm³/mol. The Morgan fingerprint density at radius 1 is 0.817 bits per heavy atom. The van der Waals surface area contributed by atoms with Crippen molar-refractivity contribution in [3.8, 4) is 5.75 Å². The molecule has 320 valence electrons. The molecular formula is C44H57N9O7. The van der Waals surface area contributed by atoms with Crippen LogP contribution in [-0.2, 0) is 49.7 Å². The summed E-state index contributed by atoms with van der Waals surface area (Å²) in [4.78, 5) is 89.7. The van der Waals surface area contributed by atoms with Crippen molar-refractivity contribution < 1.29 is 33.5 Å². The van der Waals surface area contributed by atoms with Gasteiger partial charge >= 0.3 is 0 Å². The molecule has 7 N–H and O–H groups in total. The summed E-state index contributed by atoms with van der Waals surface area (Å²) in [6.07, 6.45) is 4.40. The van der Waals surface area contributed by atoms with E-state index >= 15 is 0 Å². The number of hydrogen-bond acceptors (Lipinski definition) is 8. The minimum atomic E-state index is -1.18. The first-order chi connectivity index (χ1) is 28.7. The maximum atomic E-state index is 14.5. The number of aromatic nitrogens is 3. The van der Waals surface area contributed by atoms with Gasteiger partial charge in [-0.2, -0.15) is 5.10 Å². The third-order valence-corrected chi connectivity index (χ3v) is 11.3. The SMILES string of the molecule is COc1ccc(C[C@@H]2NC(=O)[C@H](CC(C)C)NC(=O)[C@@H](Cc3c[nH]c4ccccc34)NC(=O)CN(C(=O)c3n[nH]c4c3CCC4)C[C@H](C(C)C)NC(=O)[C@@H](C)NC2=O)cc1. The van der Waals surface area contributed by atoms with Crippen LogP contribution in [0.2, 0.25) is 0 Å². The number of nitrogens with one attached hydrogen (secondary N) is 7. The highest BCUT2D eigenvalue weighted by molar-refractivity contribution is 5.99. The van der Waals surface area contributed by atoms with Gasteiger partial charge < -0.3 is 41.2 Å². The molecule has 16 nitrogen and oxygen atoms in total. The zero-order valence-corrected chi connectivity index (χ0v) is 35.1. The summed E-state index contributed by atoms with van der Waals surface area (Å²) in [5.41, 5.74) is 4.21. The number of H-pyrrole nitrogens is 2. The van der Waals surface area contributed by atoms with E-state index in [1.807, 2.05) is 52.0 Å². The molecule has 4 aromatic rings. The van der Waals surface area contributed by atoms with Crippen LogP contribution in [0.3, 0.4) is 0 Å². The third kappa shape index (κ3) is 10.5. The van der Waals surface area contributed by atoms with Crippen LogP contribution in [0.1, 0.15) is 80.3 Å². The maximum Gasteiger partial charge on any atom is 0.275 e. The van der Waals surface area contributed by atoms with E-state index in [4.69, 9.17) is 4.74 Å². The van der Waals surface area contributed by atoms with Crippen molar-refractivity contribution in [2.45, 2.75) is 103 Å². The zero-order valence-electron chi connectivity index (χ0n) is 35.1. The van der Waals surface area contributed by atoms with Gasteiger partial charge in [-0.1, -0.05) is 58.0 Å². The number of carbonyl (C=O) groups excluding carboxylic acids is 6. The highest BCUT2D eigenvalue weighted by atomic mass is 16.5. The Labute approximate surface area is 349 Å². The number of amides is 6. The average Bonchev–Trinajstić information content (AvgIpc) is 3.96. The summed E-state index contributed by atoms with van der Waals surface area (Å²) < 4.78 is 5.30. The topological polar surface area (TPSA) is 220 Å². The molecule has 2 aliphatic rings. The van der Waals surface area contributed by atoms with Crippen LogP contribution >= 0.6 is 0 Å². The molecule has 0 spiro atoms. The maximum absolute atomic E-state index is 14.5. The van der Waals surface area contributed by atoms with Crippen LogP contribution < -0.4 is 31.3 Å². The Morgan fingerprint density at radius 3 is 2.22 bits per heavy atom. The average molecular weight is 824 g/mol. The van der Waals surface area contributed by atoms with Crippen LogP contribution in [0.5, 0.6) is 5.75 Å². The number of carbonyl (C=O) groups is 6. The normalized spacial score (nSPS) is 22.4. The molecule has 5 atom stereocenters. The molecule has 6 amide bonds. The monoisotopic (exact) mass is 823 g/mol. The predicted octanol–water partition coefficient (Wildman–Crippen LogP) is 2.48. The van der Waals surface area contributed by atoms with Gasteiger partial charge in [-0.15, -0.1) is 0 Å². The van der Waals surface area contributed by atoms with Crippen LogP contribution in [0.15, 0.2) is 54.7 Å². The standard InChI is InChI=1S/C44H57N9O7/c1-24(2)18-34-42(57)49-35(19-27-14-16-29(60-6)17-15-27)41(56)46-26(5)40(55)50-37(25(3)4)22-53(44(59)39-31-11-9-13-33(31)51-52-39)23-38(54)47-36(43(58)48-34)20-28-21-45-32-12-8-7-10-30(28)32/h7-8,10,12,14-17,21,24-26,34-37,45H,9,11,13,18-20,22-23H2,1-6H3,(H,46,56)(H,47,54)(H,48,58)(H,49,57)(H,50,55)(H,51,52)/t26-,34+,35+,36-,37-/m1/s1. The summed E-state index contributed by atoms with van der Waals surface area (Å²) in [7, 11) is 1.55. The quantitative estimate of drug-likeness (QED) is 0.133. The van der Waals surface area contributed by atoms with Crippen molar-refractivity contribution in [2.75, 3.05) is 20.2 Å². The van der Waals surface area contributed by atoms with Gasteiger partial charge in [0.15, 0.2) is 5.69 Å². The molecular weight excluding hydrogens is 767 g/mol. The van der Waals surface area contributed by atoms with Crippen LogP contribution in [0.4, 0.5) is 0 Å². The van der Waals surface area contributed by atoms with Crippen molar-refractivity contribution >= 4 is 46.3 Å². The van der Waals surface area contributed by atoms with E-state index in [2.05, 4.69) is 41.8 Å². The number of fused-ring (bicyclic) bond motifs is 2. The fourth-order valence-electron chi connectivity index (χ4n) is 7.81. The van der Waals surface area contributed by atoms with Gasteiger partial charge in [0, 0.05) is 53.8 Å². The lowest BCUT2D eigenvalue weighted by Crippen LogP contribution is -2.60. The fraction of sp³-hybridized carbons (Fsp3) is 0.477. The first-order valence-electron chi connectivity index (χ1n) is 20.7. The van der Waals surface area contributed by atoms with Gasteiger partial charge in [0.25, 0.3) is 5.91 Å². The Kier molecular flexibility index (Phi) is 13.9. The van der Waals surface area contributed by atoms with E-state index in [9.17, 15) is 28.8 Å². The first-order valence-corrected chi connectivity index (χ1v) is 20.7. The van der Waals surface area contributed by atoms with Crippen LogP contribution in [0, 0.1) is 11.8 Å². The first kappa shape index (κ1) is 43.4. The number of methoxy groups -OCH3 is 1. The van der Waals surface area contributed by atoms with Gasteiger partial charge in [0.05, 0.1) is 13.7 Å². The van der Waals surface area contributed by atoms with E-state index in [0.29, 0.717) is 17.7 Å². The molecule has 1 aliphatic carbocycles. The highest BCUT2D eigenvalue weighted by Crippen LogP contribution is 2.25. The molecule has 60 heavy (non-hydrogen) atoms. The molecule has 16 heteroatoms. The minimum absolute atomic E-state index is 0.0590. The number of hydrogen-bond donors (Lipinski definition) is 7. The third-order valence-electron chi connectivity index (χ3n) is 11.3. The lowest BCUT2D eigenvalue weighted by Gasteiger charge is -2.32. The smallest absolute Gasteiger partial charge is 0.275 e. The molecule has 1 fully saturated rings. The largest absolute Gasteiger partial charge is 0.497 e. The summed E-state index contributed by atoms with van der Waals surface area (Å²) >= 11 is 0. The minimum Gasteiger partial charge on any atom is -0.497 e. The van der Waals surface area contributed by atoms with E-state index in [1.54, 1.807) is 37.6 Å². The van der Waals surface area contributed by atoms with E-state index in [1.165, 1.54) is 11.8 Å². The van der Waals surface area contributed by atoms with Gasteiger partial charge in [0.2, 0.25) is 29.5 Å². The van der Waals surface area contributed by atoms with Crippen molar-refractivity contribution in [3.05, 3.63) is 82.8 Å². The second-order valence-corrected chi connectivity index (χ2v) is 16.6. The Balaban J connectivity index is 1.38. The van der Waals surface area contributed by atoms with E-state index < -0.39 is 72.2 Å². The van der Waals surface area contributed by atoms with Crippen LogP contribution in [0.25, 0.3) is 10.9 Å². The van der Waals surface area contributed by atoms with Gasteiger partial charge in [-0.3, -0.25) is 33.9 Å². The van der Waals surface area contributed by atoms with Crippen molar-refractivity contribution in [2.24, 2.45) is 11.8 Å². The second kappa shape index (κ2) is 19.3. The lowest BCUT2D eigenvalue weighted by molar-refractivity contribution is -0.135. The molecule has 2 aromatic carbocycles. The van der Waals surface area contributed by atoms with Crippen LogP contribution in [-0.4, -0.2) is 106 Å². The zero-order chi connectivity index (χ0) is 43.1. The van der Waals surface area contributed by atoms with Crippen molar-refractivity contribution in [1.29, 1.82) is 0 Å². The number of aromatic amines is 2. The molecule has 0 bridgehead atoms. The Morgan fingerprint density at radius 2 is 1.50 bits per heavy atom. The molecule has 0 radical (unpaired) electrons. The summed E-state index contributed by atoms with van der Waals surface area (Å²) in [6, 6.07) is 9.51. The Hall–Kier alpha value is -6.19. The second-order valence-electron chi connectivity index (χ2n) is 16.6. The number of rotatable bonds is 9. The molecule has 0 unspecified atom stereocenters. The molecule has 6 rings (SSSR count). The highest BCUT2D eigenvalue weighted by Gasteiger charge is 2.35. The molecule has 0 saturated carbocycles. The number of benzene rings is 2. The Bertz CT molecular complexity index is 2190. The molecule has 3 heterocycles. The van der Waals surface area contributed by atoms with Crippen molar-refractivity contribution in [1.82, 2.24) is 46.7 Å². The van der Waals surface area contributed by atoms with Gasteiger partial charge in [-0.05, 0) is 73.8 Å². The molecule has 1 saturated heterocycles. The molecule has 1 aliphatic heterocycles. The van der Waals surface area contributed by atoms with Gasteiger partial charge in [0.1, 0.15) is 29.9 Å². The van der Waals surface area contributed by atoms with E-state index in [-0.39, 0.29) is 43.3 Å². The number of para-hydroxylation sites is 1.